The number of carbonyl (C=O) groups is 1. The minimum atomic E-state index is -0.188. The molecule has 0 fully saturated rings. The standard InChI is InChI=1S/C10H9N3O/c11-10-12-9(14)8-5-6-3-1-2-4-7(6)13(8)10/h1-4,8H,5H2,(H2,11,12,14). The van der Waals surface area contributed by atoms with E-state index in [4.69, 9.17) is 5.73 Å². The largest absolute Gasteiger partial charge is 0.369 e. The zero-order valence-electron chi connectivity index (χ0n) is 7.47. The topological polar surface area (TPSA) is 58.7 Å². The number of para-hydroxylation sites is 1. The first-order valence-corrected chi connectivity index (χ1v) is 4.52. The van der Waals surface area contributed by atoms with Crippen LogP contribution in [0.1, 0.15) is 5.56 Å². The Labute approximate surface area is 81.0 Å². The number of amides is 1. The molecule has 0 aliphatic carbocycles. The molecule has 1 unspecified atom stereocenters. The number of aliphatic imine (C=N–C) groups is 1. The molecule has 0 bridgehead atoms. The number of hydrogen-bond donors (Lipinski definition) is 1. The molecule has 2 N–H and O–H groups in total. The maximum absolute atomic E-state index is 11.4. The number of anilines is 1. The molecule has 1 aromatic rings. The first-order valence-electron chi connectivity index (χ1n) is 4.52. The molecule has 4 nitrogen and oxygen atoms in total. The van der Waals surface area contributed by atoms with Gasteiger partial charge in [-0.05, 0) is 11.6 Å². The molecule has 0 saturated carbocycles. The zero-order chi connectivity index (χ0) is 9.71. The lowest BCUT2D eigenvalue weighted by atomic mass is 10.1. The van der Waals surface area contributed by atoms with E-state index in [2.05, 4.69) is 4.99 Å². The Morgan fingerprint density at radius 1 is 1.43 bits per heavy atom. The molecule has 4 heteroatoms. The van der Waals surface area contributed by atoms with E-state index in [0.29, 0.717) is 5.96 Å². The van der Waals surface area contributed by atoms with Gasteiger partial charge in [-0.15, -0.1) is 0 Å². The first-order chi connectivity index (χ1) is 6.77. The summed E-state index contributed by atoms with van der Waals surface area (Å²) in [6.07, 6.45) is 0.721. The summed E-state index contributed by atoms with van der Waals surface area (Å²) in [5, 5.41) is 0. The van der Waals surface area contributed by atoms with Gasteiger partial charge in [0.2, 0.25) is 5.96 Å². The van der Waals surface area contributed by atoms with Crippen molar-refractivity contribution in [2.24, 2.45) is 10.7 Å². The molecule has 1 atom stereocenters. The van der Waals surface area contributed by atoms with E-state index in [-0.39, 0.29) is 11.9 Å². The molecule has 2 aliphatic heterocycles. The van der Waals surface area contributed by atoms with Gasteiger partial charge in [-0.1, -0.05) is 18.2 Å². The fourth-order valence-corrected chi connectivity index (χ4v) is 2.11. The number of hydrogen-bond acceptors (Lipinski definition) is 3. The second kappa shape index (κ2) is 2.35. The fourth-order valence-electron chi connectivity index (χ4n) is 2.11. The van der Waals surface area contributed by atoms with E-state index in [1.54, 1.807) is 0 Å². The van der Waals surface area contributed by atoms with Crippen LogP contribution in [0.3, 0.4) is 0 Å². The van der Waals surface area contributed by atoms with Gasteiger partial charge in [0, 0.05) is 12.1 Å². The van der Waals surface area contributed by atoms with Gasteiger partial charge in [0.25, 0.3) is 5.91 Å². The van der Waals surface area contributed by atoms with E-state index >= 15 is 0 Å². The van der Waals surface area contributed by atoms with Crippen molar-refractivity contribution in [3.05, 3.63) is 29.8 Å². The third-order valence-electron chi connectivity index (χ3n) is 2.73. The van der Waals surface area contributed by atoms with Crippen LogP contribution in [0.5, 0.6) is 0 Å². The van der Waals surface area contributed by atoms with E-state index < -0.39 is 0 Å². The SMILES string of the molecule is NC1=NC(=O)C2Cc3ccccc3N12. The maximum Gasteiger partial charge on any atom is 0.272 e. The second-order valence-electron chi connectivity index (χ2n) is 3.53. The molecule has 2 aliphatic rings. The average molecular weight is 187 g/mol. The summed E-state index contributed by atoms with van der Waals surface area (Å²) in [5.74, 6) is 0.198. The Morgan fingerprint density at radius 2 is 2.21 bits per heavy atom. The minimum absolute atomic E-state index is 0.126. The van der Waals surface area contributed by atoms with Crippen molar-refractivity contribution in [2.45, 2.75) is 12.5 Å². The van der Waals surface area contributed by atoms with Crippen LogP contribution in [-0.2, 0) is 11.2 Å². The number of nitrogens with zero attached hydrogens (tertiary/aromatic N) is 2. The van der Waals surface area contributed by atoms with Crippen molar-refractivity contribution in [1.29, 1.82) is 0 Å². The van der Waals surface area contributed by atoms with Crippen LogP contribution in [0.25, 0.3) is 0 Å². The molecule has 0 radical (unpaired) electrons. The van der Waals surface area contributed by atoms with Gasteiger partial charge >= 0.3 is 0 Å². The fraction of sp³-hybridized carbons (Fsp3) is 0.200. The van der Waals surface area contributed by atoms with Gasteiger partial charge in [-0.25, -0.2) is 0 Å². The smallest absolute Gasteiger partial charge is 0.272 e. The first kappa shape index (κ1) is 7.55. The van der Waals surface area contributed by atoms with Crippen molar-refractivity contribution in [2.75, 3.05) is 4.90 Å². The highest BCUT2D eigenvalue weighted by molar-refractivity contribution is 6.14. The van der Waals surface area contributed by atoms with Crippen LogP contribution >= 0.6 is 0 Å². The van der Waals surface area contributed by atoms with Gasteiger partial charge in [0.15, 0.2) is 0 Å². The number of rotatable bonds is 0. The summed E-state index contributed by atoms with van der Waals surface area (Å²) in [6.45, 7) is 0. The highest BCUT2D eigenvalue weighted by Gasteiger charge is 2.40. The van der Waals surface area contributed by atoms with Crippen LogP contribution in [0.15, 0.2) is 29.3 Å². The molecule has 14 heavy (non-hydrogen) atoms. The Morgan fingerprint density at radius 3 is 3.07 bits per heavy atom. The summed E-state index contributed by atoms with van der Waals surface area (Å²) in [6, 6.07) is 7.72. The highest BCUT2D eigenvalue weighted by Crippen LogP contribution is 2.34. The van der Waals surface area contributed by atoms with Crippen LogP contribution in [-0.4, -0.2) is 17.9 Å². The van der Waals surface area contributed by atoms with Gasteiger partial charge in [-0.2, -0.15) is 4.99 Å². The molecule has 0 aromatic heterocycles. The molecule has 0 spiro atoms. The normalized spacial score (nSPS) is 23.4. The molecule has 3 rings (SSSR count). The summed E-state index contributed by atoms with van der Waals surface area (Å²) in [4.78, 5) is 17.0. The average Bonchev–Trinajstić information content (AvgIpc) is 2.66. The van der Waals surface area contributed by atoms with E-state index in [1.165, 1.54) is 5.56 Å². The van der Waals surface area contributed by atoms with Crippen molar-refractivity contribution in [1.82, 2.24) is 0 Å². The predicted octanol–water partition coefficient (Wildman–Crippen LogP) is 0.273. The Hall–Kier alpha value is -1.84. The molecule has 1 aromatic carbocycles. The summed E-state index contributed by atoms with van der Waals surface area (Å²) in [7, 11) is 0. The lowest BCUT2D eigenvalue weighted by Crippen LogP contribution is -2.39. The monoisotopic (exact) mass is 187 g/mol. The maximum atomic E-state index is 11.4. The summed E-state index contributed by atoms with van der Waals surface area (Å²) < 4.78 is 0. The summed E-state index contributed by atoms with van der Waals surface area (Å²) >= 11 is 0. The molecular weight excluding hydrogens is 178 g/mol. The minimum Gasteiger partial charge on any atom is -0.369 e. The Kier molecular flexibility index (Phi) is 1.27. The van der Waals surface area contributed by atoms with Gasteiger partial charge in [0.1, 0.15) is 6.04 Å². The number of benzene rings is 1. The molecule has 0 saturated heterocycles. The number of carbonyl (C=O) groups excluding carboxylic acids is 1. The number of nitrogens with two attached hydrogens (primary N) is 1. The van der Waals surface area contributed by atoms with Crippen LogP contribution in [0.2, 0.25) is 0 Å². The lowest BCUT2D eigenvalue weighted by Gasteiger charge is -2.16. The van der Waals surface area contributed by atoms with Crippen LogP contribution < -0.4 is 10.6 Å². The van der Waals surface area contributed by atoms with Crippen molar-refractivity contribution >= 4 is 17.6 Å². The highest BCUT2D eigenvalue weighted by atomic mass is 16.2. The molecule has 70 valence electrons. The second-order valence-corrected chi connectivity index (χ2v) is 3.53. The van der Waals surface area contributed by atoms with Crippen molar-refractivity contribution < 1.29 is 4.79 Å². The third kappa shape index (κ3) is 0.775. The quantitative estimate of drug-likeness (QED) is 0.634. The van der Waals surface area contributed by atoms with Gasteiger partial charge in [0.05, 0.1) is 0 Å². The van der Waals surface area contributed by atoms with Crippen LogP contribution in [0, 0.1) is 0 Å². The molecule has 1 amide bonds. The number of guanidine groups is 1. The van der Waals surface area contributed by atoms with Gasteiger partial charge < -0.3 is 5.73 Å². The predicted molar refractivity (Wildman–Crippen MR) is 53.0 cm³/mol. The van der Waals surface area contributed by atoms with Crippen LogP contribution in [0.4, 0.5) is 5.69 Å². The molecular formula is C10H9N3O. The van der Waals surface area contributed by atoms with Gasteiger partial charge in [-0.3, -0.25) is 9.69 Å². The van der Waals surface area contributed by atoms with Crippen molar-refractivity contribution in [3.8, 4) is 0 Å². The lowest BCUT2D eigenvalue weighted by molar-refractivity contribution is -0.118. The summed E-state index contributed by atoms with van der Waals surface area (Å²) in [5.41, 5.74) is 7.87. The zero-order valence-corrected chi connectivity index (χ0v) is 7.47. The van der Waals surface area contributed by atoms with E-state index in [1.807, 2.05) is 29.2 Å². The number of fused-ring (bicyclic) bond motifs is 3. The third-order valence-corrected chi connectivity index (χ3v) is 2.73. The van der Waals surface area contributed by atoms with E-state index in [9.17, 15) is 4.79 Å². The Bertz CT molecular complexity index is 452. The Balaban J connectivity index is 2.16. The molecule has 2 heterocycles. The van der Waals surface area contributed by atoms with Crippen molar-refractivity contribution in [3.63, 3.8) is 0 Å². The van der Waals surface area contributed by atoms with E-state index in [0.717, 1.165) is 12.1 Å².